The molecule has 10 nitrogen and oxygen atoms in total. The summed E-state index contributed by atoms with van der Waals surface area (Å²) >= 11 is 5.81. The van der Waals surface area contributed by atoms with Crippen LogP contribution in [0.4, 0.5) is 11.4 Å². The second-order valence-corrected chi connectivity index (χ2v) is 9.04. The first kappa shape index (κ1) is 26.2. The van der Waals surface area contributed by atoms with Gasteiger partial charge in [0.15, 0.2) is 11.5 Å². The quantitative estimate of drug-likeness (QED) is 0.135. The molecule has 0 heterocycles. The lowest BCUT2D eigenvalue weighted by Crippen LogP contribution is -2.13. The Balaban J connectivity index is 1.87. The van der Waals surface area contributed by atoms with Gasteiger partial charge in [0.25, 0.3) is 11.6 Å². The third-order valence-corrected chi connectivity index (χ3v) is 6.06. The van der Waals surface area contributed by atoms with Crippen LogP contribution in [0.15, 0.2) is 77.2 Å². The molecule has 3 aromatic carbocycles. The zero-order chi connectivity index (χ0) is 26.3. The standard InChI is InChI=1S/C24H18ClN3O7S/c1-2-34-23-13-16(6-11-22(23)35-36(32,33)21-9-7-18(25)8-10-21)12-17(15-26)24(29)27-19-4-3-5-20(14-19)28(30)31/h3-14H,2H2,1H3,(H,27,29)/b17-12+. The summed E-state index contributed by atoms with van der Waals surface area (Å²) in [5.41, 5.74) is -0.0332. The van der Waals surface area contributed by atoms with Gasteiger partial charge in [-0.15, -0.1) is 0 Å². The lowest BCUT2D eigenvalue weighted by atomic mass is 10.1. The second kappa shape index (κ2) is 11.4. The van der Waals surface area contributed by atoms with Crippen LogP contribution in [0.2, 0.25) is 5.02 Å². The van der Waals surface area contributed by atoms with Crippen molar-refractivity contribution in [2.24, 2.45) is 0 Å². The molecule has 0 fully saturated rings. The average molecular weight is 528 g/mol. The van der Waals surface area contributed by atoms with Gasteiger partial charge in [-0.3, -0.25) is 14.9 Å². The summed E-state index contributed by atoms with van der Waals surface area (Å²) < 4.78 is 36.0. The number of hydrogen-bond acceptors (Lipinski definition) is 8. The Morgan fingerprint density at radius 1 is 1.14 bits per heavy atom. The number of halogens is 1. The van der Waals surface area contributed by atoms with E-state index >= 15 is 0 Å². The van der Waals surface area contributed by atoms with Crippen LogP contribution in [0.1, 0.15) is 12.5 Å². The molecule has 1 amide bonds. The van der Waals surface area contributed by atoms with Crippen molar-refractivity contribution in [2.75, 3.05) is 11.9 Å². The summed E-state index contributed by atoms with van der Waals surface area (Å²) in [5, 5.41) is 23.2. The number of nitrogens with zero attached hydrogens (tertiary/aromatic N) is 2. The van der Waals surface area contributed by atoms with E-state index in [2.05, 4.69) is 5.32 Å². The summed E-state index contributed by atoms with van der Waals surface area (Å²) in [6.07, 6.45) is 1.26. The first-order valence-corrected chi connectivity index (χ1v) is 12.1. The van der Waals surface area contributed by atoms with E-state index in [1.165, 1.54) is 66.7 Å². The van der Waals surface area contributed by atoms with Crippen molar-refractivity contribution in [2.45, 2.75) is 11.8 Å². The number of ether oxygens (including phenoxy) is 1. The molecule has 0 bridgehead atoms. The molecule has 0 aliphatic rings. The highest BCUT2D eigenvalue weighted by Gasteiger charge is 2.20. The predicted molar refractivity (Wildman–Crippen MR) is 132 cm³/mol. The number of rotatable bonds is 9. The summed E-state index contributed by atoms with van der Waals surface area (Å²) in [6.45, 7) is 1.87. The Labute approximate surface area is 211 Å². The normalized spacial score (nSPS) is 11.3. The van der Waals surface area contributed by atoms with Crippen molar-refractivity contribution in [1.82, 2.24) is 0 Å². The number of non-ortho nitro benzene ring substituents is 1. The largest absolute Gasteiger partial charge is 0.490 e. The predicted octanol–water partition coefficient (Wildman–Crippen LogP) is 4.96. The number of carbonyl (C=O) groups excluding carboxylic acids is 1. The first-order chi connectivity index (χ1) is 17.1. The second-order valence-electron chi connectivity index (χ2n) is 7.06. The Kier molecular flexibility index (Phi) is 8.26. The number of nitriles is 1. The Morgan fingerprint density at radius 2 is 1.86 bits per heavy atom. The topological polar surface area (TPSA) is 149 Å². The van der Waals surface area contributed by atoms with Crippen LogP contribution in [-0.4, -0.2) is 25.9 Å². The van der Waals surface area contributed by atoms with E-state index in [-0.39, 0.29) is 39.9 Å². The van der Waals surface area contributed by atoms with E-state index in [1.807, 2.05) is 0 Å². The van der Waals surface area contributed by atoms with E-state index in [0.717, 1.165) is 6.07 Å². The molecule has 0 radical (unpaired) electrons. The van der Waals surface area contributed by atoms with Gasteiger partial charge in [-0.2, -0.15) is 13.7 Å². The summed E-state index contributed by atoms with van der Waals surface area (Å²) in [5.74, 6) is -0.815. The maximum absolute atomic E-state index is 12.6. The molecule has 0 aliphatic carbocycles. The van der Waals surface area contributed by atoms with Crippen LogP contribution in [0.25, 0.3) is 6.08 Å². The molecule has 3 aromatic rings. The van der Waals surface area contributed by atoms with Crippen LogP contribution in [0.5, 0.6) is 11.5 Å². The Hall–Kier alpha value is -4.40. The number of amides is 1. The minimum absolute atomic E-state index is 0.0696. The zero-order valence-electron chi connectivity index (χ0n) is 18.7. The van der Waals surface area contributed by atoms with E-state index in [4.69, 9.17) is 20.5 Å². The number of benzene rings is 3. The van der Waals surface area contributed by atoms with Crippen LogP contribution in [-0.2, 0) is 14.9 Å². The van der Waals surface area contributed by atoms with Gasteiger partial charge in [-0.1, -0.05) is 23.7 Å². The zero-order valence-corrected chi connectivity index (χ0v) is 20.2. The van der Waals surface area contributed by atoms with Crippen LogP contribution >= 0.6 is 11.6 Å². The number of carbonyl (C=O) groups is 1. The van der Waals surface area contributed by atoms with Gasteiger partial charge in [-0.25, -0.2) is 0 Å². The van der Waals surface area contributed by atoms with Gasteiger partial charge in [0.1, 0.15) is 16.5 Å². The van der Waals surface area contributed by atoms with Crippen molar-refractivity contribution in [3.05, 3.63) is 93.0 Å². The van der Waals surface area contributed by atoms with Gasteiger partial charge in [0.2, 0.25) is 0 Å². The number of nitro groups is 1. The molecule has 3 rings (SSSR count). The molecule has 36 heavy (non-hydrogen) atoms. The summed E-state index contributed by atoms with van der Waals surface area (Å²) in [4.78, 5) is 22.8. The Morgan fingerprint density at radius 3 is 2.50 bits per heavy atom. The fourth-order valence-electron chi connectivity index (χ4n) is 2.93. The molecule has 0 atom stereocenters. The minimum Gasteiger partial charge on any atom is -0.490 e. The van der Waals surface area contributed by atoms with Crippen LogP contribution in [0, 0.1) is 21.4 Å². The fourth-order valence-corrected chi connectivity index (χ4v) is 4.00. The fraction of sp³-hybridized carbons (Fsp3) is 0.0833. The molecule has 0 unspecified atom stereocenters. The molecule has 0 saturated carbocycles. The van der Waals surface area contributed by atoms with E-state index < -0.39 is 20.9 Å². The smallest absolute Gasteiger partial charge is 0.339 e. The van der Waals surface area contributed by atoms with Gasteiger partial charge in [0.05, 0.1) is 11.5 Å². The SMILES string of the molecule is CCOc1cc(/C=C(\C#N)C(=O)Nc2cccc([N+](=O)[O-])c2)ccc1OS(=O)(=O)c1ccc(Cl)cc1. The molecule has 1 N–H and O–H groups in total. The molecule has 0 spiro atoms. The lowest BCUT2D eigenvalue weighted by Gasteiger charge is -2.13. The summed E-state index contributed by atoms with van der Waals surface area (Å²) in [6, 6.07) is 16.7. The van der Waals surface area contributed by atoms with Crippen LogP contribution < -0.4 is 14.2 Å². The van der Waals surface area contributed by atoms with E-state index in [9.17, 15) is 28.6 Å². The average Bonchev–Trinajstić information content (AvgIpc) is 2.84. The maximum Gasteiger partial charge on any atom is 0.339 e. The van der Waals surface area contributed by atoms with Crippen molar-refractivity contribution in [1.29, 1.82) is 5.26 Å². The highest BCUT2D eigenvalue weighted by atomic mass is 35.5. The van der Waals surface area contributed by atoms with E-state index in [1.54, 1.807) is 13.0 Å². The van der Waals surface area contributed by atoms with Crippen molar-refractivity contribution < 1.29 is 27.1 Å². The third-order valence-electron chi connectivity index (χ3n) is 4.56. The molecule has 0 aromatic heterocycles. The van der Waals surface area contributed by atoms with Crippen LogP contribution in [0.3, 0.4) is 0 Å². The molecule has 12 heteroatoms. The molecular formula is C24H18ClN3O7S. The maximum atomic E-state index is 12.6. The first-order valence-electron chi connectivity index (χ1n) is 10.3. The lowest BCUT2D eigenvalue weighted by molar-refractivity contribution is -0.384. The summed E-state index contributed by atoms with van der Waals surface area (Å²) in [7, 11) is -4.19. The molecular weight excluding hydrogens is 510 g/mol. The minimum atomic E-state index is -4.19. The van der Waals surface area contributed by atoms with Gasteiger partial charge < -0.3 is 14.2 Å². The molecule has 0 saturated heterocycles. The monoisotopic (exact) mass is 527 g/mol. The number of nitrogens with one attached hydrogen (secondary N) is 1. The third kappa shape index (κ3) is 6.59. The highest BCUT2D eigenvalue weighted by molar-refractivity contribution is 7.87. The molecule has 0 aliphatic heterocycles. The van der Waals surface area contributed by atoms with Crippen molar-refractivity contribution >= 4 is 45.1 Å². The van der Waals surface area contributed by atoms with Crippen molar-refractivity contribution in [3.63, 3.8) is 0 Å². The van der Waals surface area contributed by atoms with Gasteiger partial charge in [-0.05, 0) is 61.0 Å². The number of nitro benzene ring substituents is 1. The van der Waals surface area contributed by atoms with Crippen molar-refractivity contribution in [3.8, 4) is 17.6 Å². The Bertz CT molecular complexity index is 1480. The molecule has 184 valence electrons. The number of anilines is 1. The van der Waals surface area contributed by atoms with E-state index in [0.29, 0.717) is 10.6 Å². The number of hydrogen-bond donors (Lipinski definition) is 1. The van der Waals surface area contributed by atoms with Gasteiger partial charge >= 0.3 is 10.1 Å². The highest BCUT2D eigenvalue weighted by Crippen LogP contribution is 2.32. The van der Waals surface area contributed by atoms with Gasteiger partial charge in [0, 0.05) is 22.8 Å².